The van der Waals surface area contributed by atoms with E-state index in [1.807, 2.05) is 19.1 Å². The van der Waals surface area contributed by atoms with E-state index in [0.717, 1.165) is 15.4 Å². The highest BCUT2D eigenvalue weighted by molar-refractivity contribution is 7.92. The standard InChI is InChI=1S/C29H35N3O6S/c1-6-27(29(34)30-3)31(19-22-9-13-24(37-4)14-10-22)28(33)20-32(23-11-7-21(2)8-12-23)39(35,36)26-17-15-25(38-5)16-18-26/h7-18,27H,6,19-20H2,1-5H3,(H,30,34)/t27-/m1/s1. The summed E-state index contributed by atoms with van der Waals surface area (Å²) in [5.41, 5.74) is 2.05. The summed E-state index contributed by atoms with van der Waals surface area (Å²) < 4.78 is 39.2. The van der Waals surface area contributed by atoms with E-state index in [4.69, 9.17) is 9.47 Å². The van der Waals surface area contributed by atoms with E-state index in [1.54, 1.807) is 62.6 Å². The number of ether oxygens (including phenoxy) is 2. The molecule has 0 unspecified atom stereocenters. The van der Waals surface area contributed by atoms with Gasteiger partial charge in [-0.3, -0.25) is 13.9 Å². The number of likely N-dealkylation sites (N-methyl/N-ethyl adjacent to an activating group) is 1. The van der Waals surface area contributed by atoms with E-state index in [2.05, 4.69) is 5.32 Å². The van der Waals surface area contributed by atoms with E-state index in [-0.39, 0.29) is 17.3 Å². The van der Waals surface area contributed by atoms with Gasteiger partial charge in [0.25, 0.3) is 10.0 Å². The van der Waals surface area contributed by atoms with Gasteiger partial charge in [0.15, 0.2) is 0 Å². The molecule has 3 aromatic rings. The normalized spacial score (nSPS) is 11.8. The van der Waals surface area contributed by atoms with Crippen molar-refractivity contribution in [1.82, 2.24) is 10.2 Å². The lowest BCUT2D eigenvalue weighted by atomic mass is 10.1. The van der Waals surface area contributed by atoms with Gasteiger partial charge in [-0.2, -0.15) is 0 Å². The van der Waals surface area contributed by atoms with Crippen LogP contribution in [0.4, 0.5) is 5.69 Å². The van der Waals surface area contributed by atoms with Crippen molar-refractivity contribution in [3.8, 4) is 11.5 Å². The lowest BCUT2D eigenvalue weighted by Gasteiger charge is -2.33. The second-order valence-electron chi connectivity index (χ2n) is 8.93. The molecule has 2 amide bonds. The van der Waals surface area contributed by atoms with Crippen LogP contribution in [0.1, 0.15) is 24.5 Å². The van der Waals surface area contributed by atoms with Crippen molar-refractivity contribution in [3.63, 3.8) is 0 Å². The van der Waals surface area contributed by atoms with Crippen LogP contribution in [-0.2, 0) is 26.2 Å². The van der Waals surface area contributed by atoms with E-state index < -0.39 is 28.5 Å². The lowest BCUT2D eigenvalue weighted by Crippen LogP contribution is -2.51. The predicted molar refractivity (Wildman–Crippen MR) is 150 cm³/mol. The first-order valence-corrected chi connectivity index (χ1v) is 14.0. The van der Waals surface area contributed by atoms with Crippen LogP contribution < -0.4 is 19.1 Å². The molecule has 1 atom stereocenters. The first kappa shape index (κ1) is 29.5. The van der Waals surface area contributed by atoms with Gasteiger partial charge in [0, 0.05) is 13.6 Å². The molecule has 0 aliphatic heterocycles. The number of hydrogen-bond donors (Lipinski definition) is 1. The Morgan fingerprint density at radius 2 is 1.41 bits per heavy atom. The third-order valence-electron chi connectivity index (χ3n) is 6.39. The summed E-state index contributed by atoms with van der Waals surface area (Å²) in [6, 6.07) is 19.2. The van der Waals surface area contributed by atoms with E-state index in [1.165, 1.54) is 31.2 Å². The predicted octanol–water partition coefficient (Wildman–Crippen LogP) is 3.76. The smallest absolute Gasteiger partial charge is 0.264 e. The van der Waals surface area contributed by atoms with Crippen LogP contribution in [0.3, 0.4) is 0 Å². The third-order valence-corrected chi connectivity index (χ3v) is 8.18. The monoisotopic (exact) mass is 553 g/mol. The summed E-state index contributed by atoms with van der Waals surface area (Å²) in [5, 5.41) is 2.62. The molecule has 0 aliphatic carbocycles. The fourth-order valence-corrected chi connectivity index (χ4v) is 5.54. The topological polar surface area (TPSA) is 105 Å². The number of nitrogens with zero attached hydrogens (tertiary/aromatic N) is 2. The number of hydrogen-bond acceptors (Lipinski definition) is 6. The Morgan fingerprint density at radius 3 is 1.90 bits per heavy atom. The Labute approximate surface area is 230 Å². The van der Waals surface area contributed by atoms with Crippen molar-refractivity contribution in [1.29, 1.82) is 0 Å². The second-order valence-corrected chi connectivity index (χ2v) is 10.8. The number of carbonyl (C=O) groups is 2. The van der Waals surface area contributed by atoms with Crippen LogP contribution >= 0.6 is 0 Å². The SMILES string of the molecule is CC[C@H](C(=O)NC)N(Cc1ccc(OC)cc1)C(=O)CN(c1ccc(C)cc1)S(=O)(=O)c1ccc(OC)cc1. The number of rotatable bonds is 12. The number of carbonyl (C=O) groups excluding carboxylic acids is 2. The summed E-state index contributed by atoms with van der Waals surface area (Å²) in [6.07, 6.45) is 0.345. The minimum Gasteiger partial charge on any atom is -0.497 e. The van der Waals surface area contributed by atoms with Crippen molar-refractivity contribution in [2.75, 3.05) is 32.1 Å². The van der Waals surface area contributed by atoms with Crippen LogP contribution in [0.5, 0.6) is 11.5 Å². The highest BCUT2D eigenvalue weighted by Crippen LogP contribution is 2.26. The van der Waals surface area contributed by atoms with Gasteiger partial charge in [-0.1, -0.05) is 36.8 Å². The molecule has 0 fully saturated rings. The van der Waals surface area contributed by atoms with Crippen LogP contribution in [0.15, 0.2) is 77.7 Å². The van der Waals surface area contributed by atoms with Gasteiger partial charge in [0.2, 0.25) is 11.8 Å². The molecule has 0 saturated heterocycles. The zero-order valence-corrected chi connectivity index (χ0v) is 23.7. The van der Waals surface area contributed by atoms with Crippen molar-refractivity contribution >= 4 is 27.5 Å². The molecule has 10 heteroatoms. The Bertz CT molecular complexity index is 1360. The molecule has 0 radical (unpaired) electrons. The number of nitrogens with one attached hydrogen (secondary N) is 1. The quantitative estimate of drug-likeness (QED) is 0.366. The molecule has 0 saturated carbocycles. The summed E-state index contributed by atoms with van der Waals surface area (Å²) in [7, 11) is 0.417. The van der Waals surface area contributed by atoms with E-state index >= 15 is 0 Å². The molecule has 0 bridgehead atoms. The molecule has 1 N–H and O–H groups in total. The molecule has 0 heterocycles. The third kappa shape index (κ3) is 7.08. The molecule has 3 rings (SSSR count). The molecule has 208 valence electrons. The number of benzene rings is 3. The Hall–Kier alpha value is -4.05. The summed E-state index contributed by atoms with van der Waals surface area (Å²) in [5.74, 6) is 0.318. The zero-order chi connectivity index (χ0) is 28.6. The first-order valence-electron chi connectivity index (χ1n) is 12.5. The number of amides is 2. The van der Waals surface area contributed by atoms with Crippen molar-refractivity contribution in [2.45, 2.75) is 37.8 Å². The minimum atomic E-state index is -4.15. The Balaban J connectivity index is 2.04. The van der Waals surface area contributed by atoms with Gasteiger partial charge in [-0.25, -0.2) is 8.42 Å². The minimum absolute atomic E-state index is 0.0109. The molecule has 3 aromatic carbocycles. The van der Waals surface area contributed by atoms with Gasteiger partial charge in [-0.05, 0) is 67.4 Å². The number of aryl methyl sites for hydroxylation is 1. The van der Waals surface area contributed by atoms with Gasteiger partial charge in [0.1, 0.15) is 24.1 Å². The highest BCUT2D eigenvalue weighted by atomic mass is 32.2. The van der Waals surface area contributed by atoms with Gasteiger partial charge in [0.05, 0.1) is 24.8 Å². The zero-order valence-electron chi connectivity index (χ0n) is 22.9. The molecular weight excluding hydrogens is 518 g/mol. The van der Waals surface area contributed by atoms with Crippen LogP contribution in [0.25, 0.3) is 0 Å². The average molecular weight is 554 g/mol. The largest absolute Gasteiger partial charge is 0.497 e. The molecule has 0 aromatic heterocycles. The summed E-state index contributed by atoms with van der Waals surface area (Å²) in [6.45, 7) is 3.31. The van der Waals surface area contributed by atoms with Crippen LogP contribution in [0.2, 0.25) is 0 Å². The summed E-state index contributed by atoms with van der Waals surface area (Å²) in [4.78, 5) is 28.1. The number of anilines is 1. The fraction of sp³-hybridized carbons (Fsp3) is 0.310. The first-order chi connectivity index (χ1) is 18.6. The molecule has 0 spiro atoms. The van der Waals surface area contributed by atoms with Crippen molar-refractivity contribution < 1.29 is 27.5 Å². The maximum absolute atomic E-state index is 13.9. The van der Waals surface area contributed by atoms with Crippen LogP contribution in [0, 0.1) is 6.92 Å². The fourth-order valence-electron chi connectivity index (χ4n) is 4.13. The molecular formula is C29H35N3O6S. The Morgan fingerprint density at radius 1 is 0.872 bits per heavy atom. The Kier molecular flexibility index (Phi) is 9.95. The van der Waals surface area contributed by atoms with Gasteiger partial charge < -0.3 is 19.7 Å². The van der Waals surface area contributed by atoms with Crippen molar-refractivity contribution in [3.05, 3.63) is 83.9 Å². The van der Waals surface area contributed by atoms with Gasteiger partial charge >= 0.3 is 0 Å². The lowest BCUT2D eigenvalue weighted by molar-refractivity contribution is -0.140. The maximum atomic E-state index is 13.9. The molecule has 0 aliphatic rings. The van der Waals surface area contributed by atoms with Crippen molar-refractivity contribution in [2.24, 2.45) is 0 Å². The summed E-state index contributed by atoms with van der Waals surface area (Å²) >= 11 is 0. The number of sulfonamides is 1. The van der Waals surface area contributed by atoms with E-state index in [9.17, 15) is 18.0 Å². The highest BCUT2D eigenvalue weighted by Gasteiger charge is 2.33. The molecule has 9 nitrogen and oxygen atoms in total. The van der Waals surface area contributed by atoms with E-state index in [0.29, 0.717) is 23.6 Å². The average Bonchev–Trinajstić information content (AvgIpc) is 2.96. The maximum Gasteiger partial charge on any atom is 0.264 e. The van der Waals surface area contributed by atoms with Crippen LogP contribution in [-0.4, -0.2) is 59.0 Å². The molecule has 39 heavy (non-hydrogen) atoms. The second kappa shape index (κ2) is 13.1. The number of methoxy groups -OCH3 is 2. The van der Waals surface area contributed by atoms with Gasteiger partial charge in [-0.15, -0.1) is 0 Å².